The lowest BCUT2D eigenvalue weighted by atomic mass is 10.0. The van der Waals surface area contributed by atoms with Crippen LogP contribution in [0.2, 0.25) is 0 Å². The maximum absolute atomic E-state index is 11.6. The molecule has 0 rings (SSSR count). The Kier molecular flexibility index (Phi) is 7.33. The van der Waals surface area contributed by atoms with E-state index in [4.69, 9.17) is 15.3 Å². The zero-order chi connectivity index (χ0) is 15.1. The third kappa shape index (κ3) is 9.21. The van der Waals surface area contributed by atoms with Gasteiger partial charge in [0.2, 0.25) is 7.37 Å². The van der Waals surface area contributed by atoms with E-state index in [0.29, 0.717) is 0 Å². The lowest BCUT2D eigenvalue weighted by Crippen LogP contribution is -2.17. The molecule has 9 heteroatoms. The standard InChI is InChI=1S/C10H17O8P/c11-8(12)2-1-7(10(15)16)3-5-19(17,18)6-4-9(13)14/h7H,1-6H2,(H,11,12)(H,13,14)(H,15,16)(H,17,18). The van der Waals surface area contributed by atoms with E-state index in [1.54, 1.807) is 0 Å². The Morgan fingerprint density at radius 2 is 1.42 bits per heavy atom. The number of carboxylic acid groups (broad SMARTS) is 3. The molecule has 19 heavy (non-hydrogen) atoms. The summed E-state index contributed by atoms with van der Waals surface area (Å²) < 4.78 is 11.6. The first-order valence-electron chi connectivity index (χ1n) is 5.61. The molecule has 0 aliphatic carbocycles. The molecule has 2 unspecified atom stereocenters. The first-order valence-corrected chi connectivity index (χ1v) is 7.64. The second-order valence-electron chi connectivity index (χ2n) is 4.19. The third-order valence-electron chi connectivity index (χ3n) is 2.56. The predicted molar refractivity (Wildman–Crippen MR) is 64.4 cm³/mol. The molecule has 110 valence electrons. The average Bonchev–Trinajstić information content (AvgIpc) is 2.25. The van der Waals surface area contributed by atoms with Crippen molar-refractivity contribution in [2.24, 2.45) is 5.92 Å². The van der Waals surface area contributed by atoms with Crippen LogP contribution < -0.4 is 0 Å². The molecule has 0 saturated carbocycles. The first-order chi connectivity index (χ1) is 8.64. The number of hydrogen-bond acceptors (Lipinski definition) is 4. The van der Waals surface area contributed by atoms with Gasteiger partial charge in [0.05, 0.1) is 12.3 Å². The second-order valence-corrected chi connectivity index (χ2v) is 6.78. The Balaban J connectivity index is 4.30. The van der Waals surface area contributed by atoms with Crippen LogP contribution in [0, 0.1) is 5.92 Å². The van der Waals surface area contributed by atoms with E-state index in [0.717, 1.165) is 0 Å². The van der Waals surface area contributed by atoms with Gasteiger partial charge in [0.1, 0.15) is 0 Å². The Labute approximate surface area is 109 Å². The van der Waals surface area contributed by atoms with E-state index in [2.05, 4.69) is 0 Å². The molecule has 8 nitrogen and oxygen atoms in total. The highest BCUT2D eigenvalue weighted by Crippen LogP contribution is 2.42. The fraction of sp³-hybridized carbons (Fsp3) is 0.700. The number of carbonyl (C=O) groups is 3. The van der Waals surface area contributed by atoms with E-state index in [9.17, 15) is 23.8 Å². The van der Waals surface area contributed by atoms with Crippen molar-refractivity contribution in [3.05, 3.63) is 0 Å². The lowest BCUT2D eigenvalue weighted by Gasteiger charge is -2.14. The highest BCUT2D eigenvalue weighted by molar-refractivity contribution is 7.58. The first kappa shape index (κ1) is 17.6. The van der Waals surface area contributed by atoms with Crippen LogP contribution in [0.4, 0.5) is 0 Å². The van der Waals surface area contributed by atoms with Crippen molar-refractivity contribution in [2.45, 2.75) is 25.7 Å². The van der Waals surface area contributed by atoms with Gasteiger partial charge in [0.15, 0.2) is 0 Å². The minimum atomic E-state index is -3.68. The van der Waals surface area contributed by atoms with E-state index in [-0.39, 0.29) is 25.4 Å². The van der Waals surface area contributed by atoms with Crippen LogP contribution in [0.3, 0.4) is 0 Å². The number of aliphatic carboxylic acids is 3. The van der Waals surface area contributed by atoms with Crippen molar-refractivity contribution < 1.29 is 39.2 Å². The number of carboxylic acids is 3. The molecular formula is C10H17O8P. The van der Waals surface area contributed by atoms with Gasteiger partial charge in [-0.2, -0.15) is 0 Å². The SMILES string of the molecule is O=C(O)CCC(CCP(=O)(O)CCC(=O)O)C(=O)O. The van der Waals surface area contributed by atoms with Gasteiger partial charge in [-0.25, -0.2) is 0 Å². The van der Waals surface area contributed by atoms with E-state index >= 15 is 0 Å². The summed E-state index contributed by atoms with van der Waals surface area (Å²) in [5.74, 6) is -4.57. The smallest absolute Gasteiger partial charge is 0.306 e. The zero-order valence-corrected chi connectivity index (χ0v) is 11.1. The summed E-state index contributed by atoms with van der Waals surface area (Å²) in [6, 6.07) is 0. The highest BCUT2D eigenvalue weighted by atomic mass is 31.2. The van der Waals surface area contributed by atoms with Crippen LogP contribution in [-0.2, 0) is 18.9 Å². The zero-order valence-electron chi connectivity index (χ0n) is 10.2. The van der Waals surface area contributed by atoms with E-state index in [1.165, 1.54) is 0 Å². The van der Waals surface area contributed by atoms with Crippen molar-refractivity contribution in [3.63, 3.8) is 0 Å². The molecule has 2 atom stereocenters. The highest BCUT2D eigenvalue weighted by Gasteiger charge is 2.25. The number of hydrogen-bond donors (Lipinski definition) is 4. The molecule has 0 radical (unpaired) electrons. The summed E-state index contributed by atoms with van der Waals surface area (Å²) in [5, 5.41) is 25.7. The lowest BCUT2D eigenvalue weighted by molar-refractivity contribution is -0.143. The molecule has 0 fully saturated rings. The fourth-order valence-electron chi connectivity index (χ4n) is 1.43. The predicted octanol–water partition coefficient (Wildman–Crippen LogP) is 0.687. The topological polar surface area (TPSA) is 149 Å². The van der Waals surface area contributed by atoms with Crippen molar-refractivity contribution in [1.82, 2.24) is 0 Å². The Hall–Kier alpha value is -1.40. The van der Waals surface area contributed by atoms with Crippen LogP contribution in [0.15, 0.2) is 0 Å². The van der Waals surface area contributed by atoms with Gasteiger partial charge in [-0.15, -0.1) is 0 Å². The molecule has 4 N–H and O–H groups in total. The van der Waals surface area contributed by atoms with Crippen LogP contribution in [-0.4, -0.2) is 50.4 Å². The third-order valence-corrected chi connectivity index (χ3v) is 4.44. The molecule has 0 aliphatic rings. The van der Waals surface area contributed by atoms with Crippen molar-refractivity contribution in [1.29, 1.82) is 0 Å². The monoisotopic (exact) mass is 296 g/mol. The summed E-state index contributed by atoms with van der Waals surface area (Å²) in [5.41, 5.74) is 0. The van der Waals surface area contributed by atoms with Crippen molar-refractivity contribution >= 4 is 25.3 Å². The normalized spacial score (nSPS) is 15.4. The van der Waals surface area contributed by atoms with Gasteiger partial charge < -0.3 is 20.2 Å². The molecule has 0 spiro atoms. The second kappa shape index (κ2) is 7.91. The van der Waals surface area contributed by atoms with Gasteiger partial charge in [0, 0.05) is 18.7 Å². The minimum absolute atomic E-state index is 0.121. The Morgan fingerprint density at radius 3 is 1.84 bits per heavy atom. The molecule has 0 saturated heterocycles. The van der Waals surface area contributed by atoms with Crippen LogP contribution in [0.1, 0.15) is 25.7 Å². The van der Waals surface area contributed by atoms with Gasteiger partial charge in [-0.1, -0.05) is 0 Å². The Bertz CT molecular complexity index is 391. The summed E-state index contributed by atoms with van der Waals surface area (Å²) in [6.07, 6.45) is -1.79. The van der Waals surface area contributed by atoms with Gasteiger partial charge >= 0.3 is 17.9 Å². The van der Waals surface area contributed by atoms with Crippen LogP contribution in [0.5, 0.6) is 0 Å². The van der Waals surface area contributed by atoms with Crippen LogP contribution >= 0.6 is 7.37 Å². The molecule has 0 aromatic carbocycles. The molecule has 0 aliphatic heterocycles. The van der Waals surface area contributed by atoms with Gasteiger partial charge in [-0.3, -0.25) is 18.9 Å². The minimum Gasteiger partial charge on any atom is -0.481 e. The molecular weight excluding hydrogens is 279 g/mol. The molecule has 0 amide bonds. The maximum Gasteiger partial charge on any atom is 0.306 e. The largest absolute Gasteiger partial charge is 0.481 e. The fourth-order valence-corrected chi connectivity index (χ4v) is 2.91. The van der Waals surface area contributed by atoms with Gasteiger partial charge in [-0.05, 0) is 12.8 Å². The summed E-state index contributed by atoms with van der Waals surface area (Å²) in [7, 11) is -3.68. The van der Waals surface area contributed by atoms with Crippen molar-refractivity contribution in [3.8, 4) is 0 Å². The molecule has 0 aromatic rings. The van der Waals surface area contributed by atoms with Gasteiger partial charge in [0.25, 0.3) is 0 Å². The average molecular weight is 296 g/mol. The van der Waals surface area contributed by atoms with E-state index in [1.807, 2.05) is 0 Å². The molecule has 0 aromatic heterocycles. The maximum atomic E-state index is 11.6. The quantitative estimate of drug-likeness (QED) is 0.430. The summed E-state index contributed by atoms with van der Waals surface area (Å²) in [6.45, 7) is 0. The summed E-state index contributed by atoms with van der Waals surface area (Å²) in [4.78, 5) is 40.9. The number of rotatable bonds is 10. The van der Waals surface area contributed by atoms with E-state index < -0.39 is 43.8 Å². The Morgan fingerprint density at radius 1 is 0.895 bits per heavy atom. The molecule has 0 bridgehead atoms. The summed E-state index contributed by atoms with van der Waals surface area (Å²) >= 11 is 0. The van der Waals surface area contributed by atoms with Crippen molar-refractivity contribution in [2.75, 3.05) is 12.3 Å². The van der Waals surface area contributed by atoms with Crippen LogP contribution in [0.25, 0.3) is 0 Å². The molecule has 0 heterocycles.